The first-order valence-corrected chi connectivity index (χ1v) is 4.73. The Kier molecular flexibility index (Phi) is 2.87. The van der Waals surface area contributed by atoms with Crippen LogP contribution in [0.5, 0.6) is 11.6 Å². The van der Waals surface area contributed by atoms with Crippen molar-refractivity contribution in [3.63, 3.8) is 0 Å². The number of benzene rings is 1. The van der Waals surface area contributed by atoms with Gasteiger partial charge >= 0.3 is 0 Å². The fraction of sp³-hybridized carbons (Fsp3) is 0. The lowest BCUT2D eigenvalue weighted by Gasteiger charge is -2.05. The third kappa shape index (κ3) is 2.38. The third-order valence-corrected chi connectivity index (χ3v) is 1.99. The van der Waals surface area contributed by atoms with Crippen LogP contribution in [0, 0.1) is 5.82 Å². The van der Waals surface area contributed by atoms with Crippen LogP contribution in [0.2, 0.25) is 5.15 Å². The normalized spacial score (nSPS) is 10.1. The number of anilines is 1. The summed E-state index contributed by atoms with van der Waals surface area (Å²) in [6.07, 6.45) is 1.23. The molecule has 0 amide bonds. The minimum Gasteiger partial charge on any atom is -0.436 e. The smallest absolute Gasteiger partial charge is 0.223 e. The number of ether oxygens (including phenoxy) is 1. The first-order valence-electron chi connectivity index (χ1n) is 4.35. The number of aromatic nitrogens is 2. The van der Waals surface area contributed by atoms with Crippen LogP contribution >= 0.6 is 11.6 Å². The quantitative estimate of drug-likeness (QED) is 0.646. The zero-order valence-corrected chi connectivity index (χ0v) is 8.78. The van der Waals surface area contributed by atoms with Crippen molar-refractivity contribution < 1.29 is 9.13 Å². The second-order valence-corrected chi connectivity index (χ2v) is 3.36. The molecule has 2 N–H and O–H groups in total. The summed E-state index contributed by atoms with van der Waals surface area (Å²) < 4.78 is 18.5. The highest BCUT2D eigenvalue weighted by molar-refractivity contribution is 6.29. The van der Waals surface area contributed by atoms with Crippen molar-refractivity contribution in [2.75, 3.05) is 5.73 Å². The topological polar surface area (TPSA) is 61.0 Å². The predicted octanol–water partition coefficient (Wildman–Crippen LogP) is 2.64. The number of rotatable bonds is 2. The molecule has 82 valence electrons. The van der Waals surface area contributed by atoms with Gasteiger partial charge in [0.15, 0.2) is 11.6 Å². The summed E-state index contributed by atoms with van der Waals surface area (Å²) in [7, 11) is 0. The Morgan fingerprint density at radius 3 is 2.75 bits per heavy atom. The van der Waals surface area contributed by atoms with Gasteiger partial charge in [-0.3, -0.25) is 0 Å². The number of hydrogen-bond donors (Lipinski definition) is 1. The molecule has 0 aliphatic heterocycles. The molecule has 0 aliphatic rings. The first kappa shape index (κ1) is 10.6. The Labute approximate surface area is 95.9 Å². The number of nitrogens with two attached hydrogens (primary N) is 1. The molecule has 16 heavy (non-hydrogen) atoms. The monoisotopic (exact) mass is 239 g/mol. The molecule has 0 saturated carbocycles. The highest BCUT2D eigenvalue weighted by Crippen LogP contribution is 2.25. The maximum atomic E-state index is 13.4. The van der Waals surface area contributed by atoms with E-state index in [1.807, 2.05) is 0 Å². The lowest BCUT2D eigenvalue weighted by Crippen LogP contribution is -1.93. The van der Waals surface area contributed by atoms with Crippen LogP contribution in [0.4, 0.5) is 10.1 Å². The van der Waals surface area contributed by atoms with Gasteiger partial charge in [-0.2, -0.15) is 0 Å². The highest BCUT2D eigenvalue weighted by atomic mass is 35.5. The van der Waals surface area contributed by atoms with E-state index in [-0.39, 0.29) is 16.8 Å². The molecule has 0 bridgehead atoms. The first-order chi connectivity index (χ1) is 7.65. The Hall–Kier alpha value is -1.88. The molecule has 2 rings (SSSR count). The summed E-state index contributed by atoms with van der Waals surface area (Å²) in [6, 6.07) is 5.50. The maximum Gasteiger partial charge on any atom is 0.223 e. The molecule has 0 unspecified atom stereocenters. The van der Waals surface area contributed by atoms with Gasteiger partial charge in [0.2, 0.25) is 5.88 Å². The third-order valence-electron chi connectivity index (χ3n) is 1.78. The minimum atomic E-state index is -0.560. The highest BCUT2D eigenvalue weighted by Gasteiger charge is 2.06. The van der Waals surface area contributed by atoms with Crippen LogP contribution < -0.4 is 10.5 Å². The van der Waals surface area contributed by atoms with Gasteiger partial charge in [0.1, 0.15) is 11.5 Å². The van der Waals surface area contributed by atoms with E-state index >= 15 is 0 Å². The summed E-state index contributed by atoms with van der Waals surface area (Å²) in [6.45, 7) is 0. The van der Waals surface area contributed by atoms with Crippen molar-refractivity contribution in [1.82, 2.24) is 9.97 Å². The van der Waals surface area contributed by atoms with Crippen LogP contribution in [-0.4, -0.2) is 9.97 Å². The van der Waals surface area contributed by atoms with Crippen molar-refractivity contribution >= 4 is 17.3 Å². The van der Waals surface area contributed by atoms with Crippen LogP contribution in [-0.2, 0) is 0 Å². The zero-order chi connectivity index (χ0) is 11.5. The Morgan fingerprint density at radius 1 is 1.25 bits per heavy atom. The van der Waals surface area contributed by atoms with Crippen LogP contribution in [0.25, 0.3) is 0 Å². The molecule has 1 heterocycles. The molecule has 0 aliphatic carbocycles. The van der Waals surface area contributed by atoms with Crippen molar-refractivity contribution in [1.29, 1.82) is 0 Å². The summed E-state index contributed by atoms with van der Waals surface area (Å²) in [4.78, 5) is 7.46. The lowest BCUT2D eigenvalue weighted by molar-refractivity contribution is 0.427. The molecular weight excluding hydrogens is 233 g/mol. The molecule has 0 radical (unpaired) electrons. The standard InChI is InChI=1S/C10H7ClFN3O/c11-9-4-10(15-5-14-9)16-8-2-1-6(13)3-7(8)12/h1-5H,13H2. The van der Waals surface area contributed by atoms with Gasteiger partial charge in [0, 0.05) is 17.8 Å². The fourth-order valence-corrected chi connectivity index (χ4v) is 1.22. The van der Waals surface area contributed by atoms with Crippen molar-refractivity contribution in [2.45, 2.75) is 0 Å². The zero-order valence-electron chi connectivity index (χ0n) is 8.02. The average molecular weight is 240 g/mol. The summed E-state index contributed by atoms with van der Waals surface area (Å²) in [5.74, 6) is -0.359. The SMILES string of the molecule is Nc1ccc(Oc2cc(Cl)ncn2)c(F)c1. The number of nitrogen functional groups attached to an aromatic ring is 1. The van der Waals surface area contributed by atoms with Crippen LogP contribution in [0.15, 0.2) is 30.6 Å². The van der Waals surface area contributed by atoms with E-state index < -0.39 is 5.82 Å². The molecule has 4 nitrogen and oxygen atoms in total. The molecule has 0 atom stereocenters. The molecular formula is C10H7ClFN3O. The maximum absolute atomic E-state index is 13.4. The molecule has 0 spiro atoms. The van der Waals surface area contributed by atoms with Crippen molar-refractivity contribution in [2.24, 2.45) is 0 Å². The molecule has 0 fully saturated rings. The molecule has 2 aromatic rings. The predicted molar refractivity (Wildman–Crippen MR) is 57.9 cm³/mol. The van der Waals surface area contributed by atoms with Gasteiger partial charge in [-0.25, -0.2) is 14.4 Å². The number of nitrogens with zero attached hydrogens (tertiary/aromatic N) is 2. The number of hydrogen-bond acceptors (Lipinski definition) is 4. The fourth-order valence-electron chi connectivity index (χ4n) is 1.09. The van der Waals surface area contributed by atoms with Gasteiger partial charge in [-0.1, -0.05) is 11.6 Å². The van der Waals surface area contributed by atoms with E-state index in [9.17, 15) is 4.39 Å². The molecule has 0 saturated heterocycles. The van der Waals surface area contributed by atoms with E-state index in [1.165, 1.54) is 24.5 Å². The Morgan fingerprint density at radius 2 is 2.06 bits per heavy atom. The molecule has 1 aromatic carbocycles. The van der Waals surface area contributed by atoms with Gasteiger partial charge < -0.3 is 10.5 Å². The van der Waals surface area contributed by atoms with E-state index in [1.54, 1.807) is 0 Å². The Balaban J connectivity index is 2.27. The number of halogens is 2. The van der Waals surface area contributed by atoms with Gasteiger partial charge in [-0.05, 0) is 12.1 Å². The van der Waals surface area contributed by atoms with E-state index in [2.05, 4.69) is 9.97 Å². The minimum absolute atomic E-state index is 0.0315. The van der Waals surface area contributed by atoms with Crippen LogP contribution in [0.1, 0.15) is 0 Å². The van der Waals surface area contributed by atoms with Crippen molar-refractivity contribution in [3.8, 4) is 11.6 Å². The van der Waals surface area contributed by atoms with Crippen LogP contribution in [0.3, 0.4) is 0 Å². The average Bonchev–Trinajstić information content (AvgIpc) is 2.22. The van der Waals surface area contributed by atoms with E-state index in [0.717, 1.165) is 6.07 Å². The second kappa shape index (κ2) is 4.32. The van der Waals surface area contributed by atoms with Gasteiger partial charge in [0.05, 0.1) is 0 Å². The van der Waals surface area contributed by atoms with Gasteiger partial charge in [0.25, 0.3) is 0 Å². The van der Waals surface area contributed by atoms with Gasteiger partial charge in [-0.15, -0.1) is 0 Å². The summed E-state index contributed by atoms with van der Waals surface area (Å²) in [5.41, 5.74) is 5.73. The second-order valence-electron chi connectivity index (χ2n) is 2.97. The lowest BCUT2D eigenvalue weighted by atomic mass is 10.3. The summed E-state index contributed by atoms with van der Waals surface area (Å²) in [5, 5.41) is 0.223. The van der Waals surface area contributed by atoms with E-state index in [4.69, 9.17) is 22.1 Å². The Bertz CT molecular complexity index is 521. The molecule has 1 aromatic heterocycles. The summed E-state index contributed by atoms with van der Waals surface area (Å²) >= 11 is 5.63. The molecule has 6 heteroatoms. The largest absolute Gasteiger partial charge is 0.436 e. The van der Waals surface area contributed by atoms with Crippen molar-refractivity contribution in [3.05, 3.63) is 41.6 Å². The van der Waals surface area contributed by atoms with E-state index in [0.29, 0.717) is 5.69 Å².